The molecule has 1 aromatic carbocycles. The van der Waals surface area contributed by atoms with E-state index in [2.05, 4.69) is 30.0 Å². The van der Waals surface area contributed by atoms with Crippen LogP contribution in [0.25, 0.3) is 23.0 Å². The lowest BCUT2D eigenvalue weighted by molar-refractivity contribution is 0.188. The molecule has 1 aliphatic heterocycles. The minimum absolute atomic E-state index is 0.191. The molecule has 8 heteroatoms. The van der Waals surface area contributed by atoms with Gasteiger partial charge in [-0.2, -0.15) is 0 Å². The Morgan fingerprint density at radius 1 is 0.962 bits per heavy atom. The quantitative estimate of drug-likeness (QED) is 0.735. The van der Waals surface area contributed by atoms with Crippen molar-refractivity contribution in [2.45, 2.75) is 0 Å². The van der Waals surface area contributed by atoms with Gasteiger partial charge in [-0.15, -0.1) is 10.2 Å². The van der Waals surface area contributed by atoms with Crippen molar-refractivity contribution in [3.05, 3.63) is 42.7 Å². The van der Waals surface area contributed by atoms with Crippen LogP contribution < -0.4 is 4.90 Å². The molecule has 8 nitrogen and oxygen atoms in total. The van der Waals surface area contributed by atoms with Gasteiger partial charge >= 0.3 is 0 Å². The highest BCUT2D eigenvalue weighted by molar-refractivity contribution is 5.56. The molecular formula is C18H20N6O2. The summed E-state index contributed by atoms with van der Waals surface area (Å²) in [6.45, 7) is 4.38. The summed E-state index contributed by atoms with van der Waals surface area (Å²) in [5.74, 6) is 1.62. The van der Waals surface area contributed by atoms with E-state index >= 15 is 0 Å². The number of rotatable bonds is 5. The Bertz CT molecular complexity index is 846. The van der Waals surface area contributed by atoms with E-state index in [1.54, 1.807) is 12.4 Å². The molecule has 0 atom stereocenters. The van der Waals surface area contributed by atoms with E-state index in [-0.39, 0.29) is 6.61 Å². The Morgan fingerprint density at radius 3 is 2.50 bits per heavy atom. The second-order valence-electron chi connectivity index (χ2n) is 6.09. The number of aliphatic hydroxyl groups excluding tert-OH is 1. The first-order valence-corrected chi connectivity index (χ1v) is 8.63. The number of aromatic nitrogens is 4. The molecule has 0 saturated carbocycles. The van der Waals surface area contributed by atoms with Gasteiger partial charge in [0.1, 0.15) is 11.5 Å². The van der Waals surface area contributed by atoms with Crippen molar-refractivity contribution in [1.29, 1.82) is 0 Å². The van der Waals surface area contributed by atoms with Crippen LogP contribution in [0.2, 0.25) is 0 Å². The molecule has 134 valence electrons. The molecule has 26 heavy (non-hydrogen) atoms. The average molecular weight is 352 g/mol. The van der Waals surface area contributed by atoms with Gasteiger partial charge in [0, 0.05) is 38.3 Å². The van der Waals surface area contributed by atoms with Crippen LogP contribution in [0.3, 0.4) is 0 Å². The molecule has 4 rings (SSSR count). The Labute approximate surface area is 151 Å². The van der Waals surface area contributed by atoms with Crippen molar-refractivity contribution >= 4 is 5.82 Å². The Kier molecular flexibility index (Phi) is 4.85. The molecule has 0 radical (unpaired) electrons. The SMILES string of the molecule is OCCN1CCN(c2cncc(-c3nnc(-c4ccccc4)o3)n2)CC1. The van der Waals surface area contributed by atoms with E-state index in [0.29, 0.717) is 24.0 Å². The lowest BCUT2D eigenvalue weighted by Gasteiger charge is -2.34. The zero-order valence-corrected chi connectivity index (χ0v) is 14.3. The van der Waals surface area contributed by atoms with Crippen LogP contribution in [0.15, 0.2) is 47.1 Å². The maximum atomic E-state index is 9.05. The van der Waals surface area contributed by atoms with E-state index in [1.807, 2.05) is 30.3 Å². The summed E-state index contributed by atoms with van der Waals surface area (Å²) in [7, 11) is 0. The van der Waals surface area contributed by atoms with Crippen LogP contribution >= 0.6 is 0 Å². The summed E-state index contributed by atoms with van der Waals surface area (Å²) < 4.78 is 5.77. The summed E-state index contributed by atoms with van der Waals surface area (Å²) in [5.41, 5.74) is 1.44. The van der Waals surface area contributed by atoms with Crippen LogP contribution in [0, 0.1) is 0 Å². The molecule has 0 amide bonds. The fourth-order valence-corrected chi connectivity index (χ4v) is 2.98. The molecule has 1 fully saturated rings. The van der Waals surface area contributed by atoms with Gasteiger partial charge in [-0.3, -0.25) is 9.88 Å². The molecule has 3 aromatic rings. The van der Waals surface area contributed by atoms with E-state index in [0.717, 1.165) is 37.6 Å². The van der Waals surface area contributed by atoms with E-state index in [4.69, 9.17) is 9.52 Å². The first-order chi connectivity index (χ1) is 12.8. The third-order valence-electron chi connectivity index (χ3n) is 4.40. The number of anilines is 1. The molecule has 1 aliphatic rings. The molecular weight excluding hydrogens is 332 g/mol. The highest BCUT2D eigenvalue weighted by Gasteiger charge is 2.19. The van der Waals surface area contributed by atoms with Crippen molar-refractivity contribution in [3.63, 3.8) is 0 Å². The highest BCUT2D eigenvalue weighted by atomic mass is 16.4. The van der Waals surface area contributed by atoms with Crippen molar-refractivity contribution < 1.29 is 9.52 Å². The molecule has 0 bridgehead atoms. The van der Waals surface area contributed by atoms with Gasteiger partial charge in [0.05, 0.1) is 19.0 Å². The van der Waals surface area contributed by atoms with E-state index in [1.165, 1.54) is 0 Å². The Balaban J connectivity index is 1.51. The third-order valence-corrected chi connectivity index (χ3v) is 4.40. The van der Waals surface area contributed by atoms with Gasteiger partial charge in [-0.1, -0.05) is 18.2 Å². The minimum Gasteiger partial charge on any atom is -0.415 e. The van der Waals surface area contributed by atoms with Crippen molar-refractivity contribution in [2.75, 3.05) is 44.2 Å². The molecule has 2 aromatic heterocycles. The zero-order chi connectivity index (χ0) is 17.8. The summed E-state index contributed by atoms with van der Waals surface area (Å²) >= 11 is 0. The fraction of sp³-hybridized carbons (Fsp3) is 0.333. The van der Waals surface area contributed by atoms with Crippen molar-refractivity contribution in [2.24, 2.45) is 0 Å². The summed E-state index contributed by atoms with van der Waals surface area (Å²) in [4.78, 5) is 13.3. The summed E-state index contributed by atoms with van der Waals surface area (Å²) in [6, 6.07) is 9.64. The first-order valence-electron chi connectivity index (χ1n) is 8.63. The topological polar surface area (TPSA) is 91.4 Å². The van der Waals surface area contributed by atoms with Gasteiger partial charge in [0.15, 0.2) is 0 Å². The van der Waals surface area contributed by atoms with Crippen LogP contribution in [-0.2, 0) is 0 Å². The maximum absolute atomic E-state index is 9.05. The first kappa shape index (κ1) is 16.6. The van der Waals surface area contributed by atoms with E-state index in [9.17, 15) is 0 Å². The molecule has 0 unspecified atom stereocenters. The number of aliphatic hydroxyl groups is 1. The number of hydrogen-bond donors (Lipinski definition) is 1. The normalized spacial score (nSPS) is 15.3. The van der Waals surface area contributed by atoms with Crippen molar-refractivity contribution in [1.82, 2.24) is 25.1 Å². The number of piperazine rings is 1. The molecule has 0 spiro atoms. The monoisotopic (exact) mass is 352 g/mol. The highest BCUT2D eigenvalue weighted by Crippen LogP contribution is 2.23. The number of hydrogen-bond acceptors (Lipinski definition) is 8. The fourth-order valence-electron chi connectivity index (χ4n) is 2.98. The van der Waals surface area contributed by atoms with Crippen LogP contribution in [-0.4, -0.2) is 69.5 Å². The number of β-amino-alcohol motifs (C(OH)–C–C–N with tert-alkyl or cyclic N) is 1. The molecule has 1 N–H and O–H groups in total. The number of nitrogens with zero attached hydrogens (tertiary/aromatic N) is 6. The van der Waals surface area contributed by atoms with Crippen LogP contribution in [0.1, 0.15) is 0 Å². The van der Waals surface area contributed by atoms with Gasteiger partial charge in [-0.25, -0.2) is 4.98 Å². The van der Waals surface area contributed by atoms with Gasteiger partial charge < -0.3 is 14.4 Å². The van der Waals surface area contributed by atoms with Crippen LogP contribution in [0.5, 0.6) is 0 Å². The number of benzene rings is 1. The summed E-state index contributed by atoms with van der Waals surface area (Å²) in [5, 5.41) is 17.3. The average Bonchev–Trinajstić information content (AvgIpc) is 3.20. The second-order valence-corrected chi connectivity index (χ2v) is 6.09. The largest absolute Gasteiger partial charge is 0.415 e. The van der Waals surface area contributed by atoms with Gasteiger partial charge in [0.2, 0.25) is 5.89 Å². The Hall–Kier alpha value is -2.84. The lowest BCUT2D eigenvalue weighted by atomic mass is 10.2. The lowest BCUT2D eigenvalue weighted by Crippen LogP contribution is -2.47. The molecule has 1 saturated heterocycles. The predicted octanol–water partition coefficient (Wildman–Crippen LogP) is 1.31. The van der Waals surface area contributed by atoms with Crippen LogP contribution in [0.4, 0.5) is 5.82 Å². The standard InChI is InChI=1S/C18H20N6O2/c25-11-10-23-6-8-24(9-7-23)16-13-19-12-15(20-16)18-22-21-17(26-18)14-4-2-1-3-5-14/h1-5,12-13,25H,6-11H2. The zero-order valence-electron chi connectivity index (χ0n) is 14.3. The Morgan fingerprint density at radius 2 is 1.73 bits per heavy atom. The van der Waals surface area contributed by atoms with E-state index < -0.39 is 0 Å². The third kappa shape index (κ3) is 3.56. The maximum Gasteiger partial charge on any atom is 0.268 e. The minimum atomic E-state index is 0.191. The predicted molar refractivity (Wildman–Crippen MR) is 96.5 cm³/mol. The molecule has 3 heterocycles. The molecule has 0 aliphatic carbocycles. The second kappa shape index (κ2) is 7.59. The smallest absolute Gasteiger partial charge is 0.268 e. The van der Waals surface area contributed by atoms with Crippen molar-refractivity contribution in [3.8, 4) is 23.0 Å². The van der Waals surface area contributed by atoms with Gasteiger partial charge in [-0.05, 0) is 12.1 Å². The van der Waals surface area contributed by atoms with Gasteiger partial charge in [0.25, 0.3) is 5.89 Å². The summed E-state index contributed by atoms with van der Waals surface area (Å²) in [6.07, 6.45) is 3.38.